The first-order valence-electron chi connectivity index (χ1n) is 33.2. The summed E-state index contributed by atoms with van der Waals surface area (Å²) in [6.45, 7) is 11.3. The minimum Gasteiger partial charge on any atom is -0.457 e. The molecule has 14 aromatic carbocycles. The summed E-state index contributed by atoms with van der Waals surface area (Å²) in [5, 5.41) is 0. The Morgan fingerprint density at radius 1 is 0.290 bits per heavy atom. The minimum absolute atomic E-state index is 0.345. The fourth-order valence-corrected chi connectivity index (χ4v) is 14.9. The van der Waals surface area contributed by atoms with E-state index in [1.807, 2.05) is 146 Å². The minimum atomic E-state index is -0.999. The molecule has 4 nitrogen and oxygen atoms in total. The molecule has 2 atom stereocenters. The van der Waals surface area contributed by atoms with Crippen LogP contribution in [0.5, 0.6) is 23.0 Å². The highest BCUT2D eigenvalue weighted by Gasteiger charge is 2.48. The van der Waals surface area contributed by atoms with E-state index in [-0.39, 0.29) is 23.3 Å². The number of nitrogens with zero attached hydrogens (tertiary/aromatic N) is 2. The standard InChI is InChI=1S/C92H64F4N2O2/c1-5-61-23-43-77(44-24-61)99-79-47-31-65(32-48-79)91(67-13-11-15-69(93)53-67)85-19-9-7-17-81(85)83-51-41-73(55-87(83)91)97(75-35-21-59(3)89(95)57-75)71-37-27-63(28-38-71)64-29-39-72(40-30-64)98(76-36-22-60(4)90(96)58-76)74-42-52-84-82-18-8-10-20-86(82)92(88(84)56-74,68-14-12-16-70(94)54-68)66-33-49-80(50-34-66)100-78-45-25-62(6-2)26-46-78/h5-58H,1-2H2,3-4H3. The molecule has 482 valence electrons. The van der Waals surface area contributed by atoms with Crippen molar-refractivity contribution in [2.45, 2.75) is 24.7 Å². The molecule has 0 fully saturated rings. The smallest absolute Gasteiger partial charge is 0.128 e. The molecule has 0 saturated carbocycles. The van der Waals surface area contributed by atoms with E-state index in [4.69, 9.17) is 9.47 Å². The van der Waals surface area contributed by atoms with Gasteiger partial charge in [-0.25, -0.2) is 17.6 Å². The molecule has 0 N–H and O–H groups in total. The number of hydrogen-bond donors (Lipinski definition) is 0. The zero-order valence-electron chi connectivity index (χ0n) is 54.8. The molecule has 0 aromatic heterocycles. The molecule has 0 aliphatic heterocycles. The summed E-state index contributed by atoms with van der Waals surface area (Å²) < 4.78 is 76.7. The van der Waals surface area contributed by atoms with Crippen LogP contribution in [0.2, 0.25) is 0 Å². The summed E-state index contributed by atoms with van der Waals surface area (Å²) in [4.78, 5) is 4.13. The predicted molar refractivity (Wildman–Crippen MR) is 398 cm³/mol. The largest absolute Gasteiger partial charge is 0.457 e. The van der Waals surface area contributed by atoms with E-state index < -0.39 is 10.8 Å². The second-order valence-electron chi connectivity index (χ2n) is 25.5. The quantitative estimate of drug-likeness (QED) is 0.0849. The van der Waals surface area contributed by atoms with Gasteiger partial charge >= 0.3 is 0 Å². The number of rotatable bonds is 17. The van der Waals surface area contributed by atoms with Gasteiger partial charge in [-0.15, -0.1) is 0 Å². The molecule has 0 heterocycles. The number of ether oxygens (including phenoxy) is 2. The third-order valence-corrected chi connectivity index (χ3v) is 19.8. The molecule has 0 spiro atoms. The molecule has 2 aliphatic carbocycles. The van der Waals surface area contributed by atoms with Crippen LogP contribution in [0.25, 0.3) is 45.5 Å². The molecule has 16 rings (SSSR count). The Morgan fingerprint density at radius 2 is 0.620 bits per heavy atom. The van der Waals surface area contributed by atoms with Crippen LogP contribution >= 0.6 is 0 Å². The van der Waals surface area contributed by atoms with E-state index in [0.29, 0.717) is 45.5 Å². The van der Waals surface area contributed by atoms with Crippen LogP contribution in [0.3, 0.4) is 0 Å². The highest BCUT2D eigenvalue weighted by molar-refractivity contribution is 5.92. The van der Waals surface area contributed by atoms with Crippen molar-refractivity contribution in [3.05, 3.63) is 419 Å². The van der Waals surface area contributed by atoms with Crippen molar-refractivity contribution in [1.29, 1.82) is 0 Å². The Labute approximate surface area is 579 Å². The highest BCUT2D eigenvalue weighted by Crippen LogP contribution is 2.60. The molecule has 14 aromatic rings. The highest BCUT2D eigenvalue weighted by atomic mass is 19.1. The summed E-state index contributed by atoms with van der Waals surface area (Å²) in [7, 11) is 0. The average molecular weight is 1310 g/mol. The Bertz CT molecular complexity index is 5140. The van der Waals surface area contributed by atoms with Gasteiger partial charge in [0.15, 0.2) is 0 Å². The lowest BCUT2D eigenvalue weighted by Gasteiger charge is -2.35. The molecule has 2 unspecified atom stereocenters. The van der Waals surface area contributed by atoms with Crippen LogP contribution in [0.4, 0.5) is 51.7 Å². The number of halogens is 4. The van der Waals surface area contributed by atoms with E-state index in [1.54, 1.807) is 74.5 Å². The van der Waals surface area contributed by atoms with Crippen molar-refractivity contribution in [3.63, 3.8) is 0 Å². The lowest BCUT2D eigenvalue weighted by molar-refractivity contribution is 0.482. The number of fused-ring (bicyclic) bond motifs is 6. The molecule has 100 heavy (non-hydrogen) atoms. The normalized spacial score (nSPS) is 14.7. The second-order valence-corrected chi connectivity index (χ2v) is 25.5. The van der Waals surface area contributed by atoms with Gasteiger partial charge in [-0.3, -0.25) is 0 Å². The van der Waals surface area contributed by atoms with Crippen molar-refractivity contribution in [3.8, 4) is 56.4 Å². The topological polar surface area (TPSA) is 24.9 Å². The van der Waals surface area contributed by atoms with Crippen molar-refractivity contribution >= 4 is 46.3 Å². The first kappa shape index (κ1) is 62.3. The van der Waals surface area contributed by atoms with Gasteiger partial charge in [-0.05, 0) is 260 Å². The van der Waals surface area contributed by atoms with Crippen LogP contribution in [0, 0.1) is 37.1 Å². The Hall–Kier alpha value is -12.5. The van der Waals surface area contributed by atoms with E-state index in [0.717, 1.165) is 112 Å². The van der Waals surface area contributed by atoms with Crippen LogP contribution in [-0.2, 0) is 10.8 Å². The average Bonchev–Trinajstić information content (AvgIpc) is 1.54. The predicted octanol–water partition coefficient (Wildman–Crippen LogP) is 25.1. The first-order chi connectivity index (χ1) is 48.9. The van der Waals surface area contributed by atoms with Gasteiger partial charge < -0.3 is 19.3 Å². The van der Waals surface area contributed by atoms with Crippen LogP contribution < -0.4 is 19.3 Å². The van der Waals surface area contributed by atoms with Gasteiger partial charge in [0.2, 0.25) is 0 Å². The molecule has 0 bridgehead atoms. The maximum absolute atomic E-state index is 16.1. The van der Waals surface area contributed by atoms with Gasteiger partial charge in [0.25, 0.3) is 0 Å². The maximum atomic E-state index is 16.1. The first-order valence-corrected chi connectivity index (χ1v) is 33.2. The SMILES string of the molecule is C=Cc1ccc(Oc2ccc(C3(c4cccc(F)c4)c4ccccc4-c4ccc(N(c5ccc(-c6ccc(N(c7ccc(C)c(F)c7)c7ccc8c(c7)C(c7ccc(Oc9ccc(C=C)cc9)cc7)(c7cccc(F)c7)c7ccccc7-8)cc6)cc5)c5ccc(C)c(F)c5)cc43)cc2)cc1. The number of anilines is 6. The van der Waals surface area contributed by atoms with Crippen molar-refractivity contribution in [2.24, 2.45) is 0 Å². The number of hydrogen-bond acceptors (Lipinski definition) is 4. The molecular weight excluding hydrogens is 1240 g/mol. The zero-order chi connectivity index (χ0) is 68.2. The Kier molecular flexibility index (Phi) is 15.9. The van der Waals surface area contributed by atoms with Gasteiger partial charge in [-0.2, -0.15) is 0 Å². The maximum Gasteiger partial charge on any atom is 0.128 e. The van der Waals surface area contributed by atoms with Crippen molar-refractivity contribution in [2.75, 3.05) is 9.80 Å². The van der Waals surface area contributed by atoms with Crippen molar-refractivity contribution < 1.29 is 27.0 Å². The van der Waals surface area contributed by atoms with Crippen LogP contribution in [0.1, 0.15) is 66.8 Å². The monoisotopic (exact) mass is 1300 g/mol. The fourth-order valence-electron chi connectivity index (χ4n) is 14.9. The third kappa shape index (κ3) is 10.8. The second kappa shape index (κ2) is 25.5. The summed E-state index contributed by atoms with van der Waals surface area (Å²) in [6, 6.07) is 102. The zero-order valence-corrected chi connectivity index (χ0v) is 54.8. The lowest BCUT2D eigenvalue weighted by Crippen LogP contribution is -2.29. The van der Waals surface area contributed by atoms with Crippen LogP contribution in [-0.4, -0.2) is 0 Å². The van der Waals surface area contributed by atoms with Gasteiger partial charge in [-0.1, -0.05) is 195 Å². The molecular formula is C92H64F4N2O2. The van der Waals surface area contributed by atoms with Gasteiger partial charge in [0.05, 0.1) is 10.8 Å². The lowest BCUT2D eigenvalue weighted by atomic mass is 9.67. The molecule has 0 radical (unpaired) electrons. The summed E-state index contributed by atoms with van der Waals surface area (Å²) >= 11 is 0. The molecule has 0 saturated heterocycles. The van der Waals surface area contributed by atoms with Crippen LogP contribution in [0.15, 0.2) is 329 Å². The van der Waals surface area contributed by atoms with Gasteiger partial charge in [0, 0.05) is 34.1 Å². The summed E-state index contributed by atoms with van der Waals surface area (Å²) in [5.41, 5.74) is 18.3. The number of benzene rings is 14. The van der Waals surface area contributed by atoms with Crippen molar-refractivity contribution in [1.82, 2.24) is 0 Å². The number of aryl methyl sites for hydroxylation is 2. The van der Waals surface area contributed by atoms with E-state index >= 15 is 17.6 Å². The summed E-state index contributed by atoms with van der Waals surface area (Å²) in [6.07, 6.45) is 3.58. The fraction of sp³-hybridized carbons (Fsp3) is 0.0435. The summed E-state index contributed by atoms with van der Waals surface area (Å²) in [5.74, 6) is 1.24. The van der Waals surface area contributed by atoms with E-state index in [2.05, 4.69) is 132 Å². The van der Waals surface area contributed by atoms with E-state index in [9.17, 15) is 0 Å². The van der Waals surface area contributed by atoms with Gasteiger partial charge in [0.1, 0.15) is 46.3 Å². The Balaban J connectivity index is 0.776. The Morgan fingerprint density at radius 3 is 0.980 bits per heavy atom. The van der Waals surface area contributed by atoms with E-state index in [1.165, 1.54) is 12.1 Å². The molecule has 8 heteroatoms. The molecule has 0 amide bonds. The third-order valence-electron chi connectivity index (χ3n) is 19.8. The molecule has 2 aliphatic rings.